The van der Waals surface area contributed by atoms with Gasteiger partial charge < -0.3 is 15.2 Å². The highest BCUT2D eigenvalue weighted by Crippen LogP contribution is 2.11. The summed E-state index contributed by atoms with van der Waals surface area (Å²) in [7, 11) is 0. The van der Waals surface area contributed by atoms with Gasteiger partial charge in [-0.1, -0.05) is 26.7 Å². The molecule has 0 unspecified atom stereocenters. The lowest BCUT2D eigenvalue weighted by molar-refractivity contribution is -0.655. The average molecular weight is 271 g/mol. The molecule has 0 aliphatic heterocycles. The van der Waals surface area contributed by atoms with Crippen LogP contribution in [0.2, 0.25) is 0 Å². The summed E-state index contributed by atoms with van der Waals surface area (Å²) in [5, 5.41) is 11.2. The number of quaternary nitrogens is 1. The van der Waals surface area contributed by atoms with E-state index in [-0.39, 0.29) is 0 Å². The van der Waals surface area contributed by atoms with Crippen molar-refractivity contribution < 1.29 is 28.4 Å². The summed E-state index contributed by atoms with van der Waals surface area (Å²) >= 11 is 0. The number of hydrogen-bond acceptors (Lipinski definition) is 2. The van der Waals surface area contributed by atoms with Crippen LogP contribution in [0.3, 0.4) is 0 Å². The number of nitrogens with two attached hydrogens (primary N) is 1. The van der Waals surface area contributed by atoms with E-state index < -0.39 is 12.1 Å². The van der Waals surface area contributed by atoms with Gasteiger partial charge in [-0.25, -0.2) is 0 Å². The Hall–Kier alpha value is -0.780. The molecule has 18 heavy (non-hydrogen) atoms. The minimum atomic E-state index is -5.19. The molecular weight excluding hydrogens is 247 g/mol. The van der Waals surface area contributed by atoms with Gasteiger partial charge in [0.15, 0.2) is 0 Å². The van der Waals surface area contributed by atoms with Gasteiger partial charge in [-0.05, 0) is 25.7 Å². The third-order valence-corrected chi connectivity index (χ3v) is 2.26. The first-order valence-corrected chi connectivity index (χ1v) is 6.46. The fraction of sp³-hybridized carbons (Fsp3) is 0.917. The summed E-state index contributed by atoms with van der Waals surface area (Å²) < 4.78 is 31.5. The van der Waals surface area contributed by atoms with Crippen LogP contribution in [-0.4, -0.2) is 25.2 Å². The average Bonchev–Trinajstić information content (AvgIpc) is 2.27. The summed E-state index contributed by atoms with van der Waals surface area (Å²) in [5.41, 5.74) is 0. The van der Waals surface area contributed by atoms with Gasteiger partial charge >= 0.3 is 6.18 Å². The molecule has 0 amide bonds. The summed E-state index contributed by atoms with van der Waals surface area (Å²) in [6.45, 7) is 7.21. The minimum absolute atomic E-state index is 1.34. The first-order chi connectivity index (χ1) is 8.36. The molecule has 0 atom stereocenters. The summed E-state index contributed by atoms with van der Waals surface area (Å²) in [6.07, 6.45) is 3.13. The van der Waals surface area contributed by atoms with Crippen LogP contribution in [0.15, 0.2) is 0 Å². The highest BCUT2D eigenvalue weighted by molar-refractivity contribution is 5.70. The molecule has 0 saturated carbocycles. The van der Waals surface area contributed by atoms with Gasteiger partial charge in [0.2, 0.25) is 0 Å². The molecule has 0 radical (unpaired) electrons. The Morgan fingerprint density at radius 3 is 1.56 bits per heavy atom. The van der Waals surface area contributed by atoms with Gasteiger partial charge in [-0.15, -0.1) is 0 Å². The van der Waals surface area contributed by atoms with Crippen LogP contribution in [0, 0.1) is 0 Å². The second-order valence-electron chi connectivity index (χ2n) is 4.07. The largest absolute Gasteiger partial charge is 0.542 e. The van der Waals surface area contributed by atoms with E-state index >= 15 is 0 Å². The van der Waals surface area contributed by atoms with E-state index in [0.29, 0.717) is 0 Å². The van der Waals surface area contributed by atoms with Crippen molar-refractivity contribution in [1.29, 1.82) is 0 Å². The highest BCUT2D eigenvalue weighted by Gasteiger charge is 2.28. The SMILES string of the molecule is CCCCC[NH2+]CCCCC.O=C([O-])C(F)(F)F. The van der Waals surface area contributed by atoms with Gasteiger partial charge in [0.1, 0.15) is 5.97 Å². The van der Waals surface area contributed by atoms with Gasteiger partial charge in [0, 0.05) is 0 Å². The number of hydrogen-bond donors (Lipinski definition) is 1. The lowest BCUT2D eigenvalue weighted by atomic mass is 10.2. The molecule has 0 fully saturated rings. The smallest absolute Gasteiger partial charge is 0.430 e. The maximum absolute atomic E-state index is 10.5. The highest BCUT2D eigenvalue weighted by atomic mass is 19.4. The molecule has 0 heterocycles. The third kappa shape index (κ3) is 17.6. The number of unbranched alkanes of at least 4 members (excludes halogenated alkanes) is 4. The molecule has 0 aromatic carbocycles. The van der Waals surface area contributed by atoms with Crippen LogP contribution in [0.4, 0.5) is 13.2 Å². The van der Waals surface area contributed by atoms with E-state index in [9.17, 15) is 13.2 Å². The Morgan fingerprint density at radius 1 is 1.00 bits per heavy atom. The topological polar surface area (TPSA) is 56.7 Å². The molecule has 0 aliphatic carbocycles. The van der Waals surface area contributed by atoms with E-state index in [1.807, 2.05) is 0 Å². The van der Waals surface area contributed by atoms with Crippen LogP contribution in [0.5, 0.6) is 0 Å². The van der Waals surface area contributed by atoms with Crippen LogP contribution in [0.1, 0.15) is 52.4 Å². The standard InChI is InChI=1S/C10H23N.C2HF3O2/c1-3-5-7-9-11-10-8-6-4-2;3-2(4,5)1(6)7/h11H,3-10H2,1-2H3;(H,6,7). The van der Waals surface area contributed by atoms with Crippen molar-refractivity contribution in [2.45, 2.75) is 58.5 Å². The van der Waals surface area contributed by atoms with Crippen LogP contribution >= 0.6 is 0 Å². The second kappa shape index (κ2) is 12.7. The van der Waals surface area contributed by atoms with Crippen LogP contribution in [0.25, 0.3) is 0 Å². The lowest BCUT2D eigenvalue weighted by Gasteiger charge is -2.03. The first kappa shape index (κ1) is 19.6. The molecular formula is C12H24F3NO2. The molecule has 0 rings (SSSR count). The van der Waals surface area contributed by atoms with Crippen molar-refractivity contribution in [2.75, 3.05) is 13.1 Å². The van der Waals surface area contributed by atoms with E-state index in [2.05, 4.69) is 19.2 Å². The normalized spacial score (nSPS) is 10.7. The summed E-state index contributed by atoms with van der Waals surface area (Å²) in [5.74, 6) is -3.01. The Bertz CT molecular complexity index is 188. The first-order valence-electron chi connectivity index (χ1n) is 6.46. The molecule has 0 aromatic rings. The zero-order valence-corrected chi connectivity index (χ0v) is 11.2. The predicted molar refractivity (Wildman–Crippen MR) is 61.8 cm³/mol. The molecule has 0 spiro atoms. The predicted octanol–water partition coefficient (Wildman–Crippen LogP) is 1.23. The molecule has 110 valence electrons. The second-order valence-corrected chi connectivity index (χ2v) is 4.07. The molecule has 2 N–H and O–H groups in total. The molecule has 6 heteroatoms. The number of carboxylic acids is 1. The minimum Gasteiger partial charge on any atom is -0.542 e. The van der Waals surface area contributed by atoms with Crippen LogP contribution < -0.4 is 10.4 Å². The monoisotopic (exact) mass is 271 g/mol. The number of carboxylic acid groups (broad SMARTS) is 1. The van der Waals surface area contributed by atoms with E-state index in [0.717, 1.165) is 0 Å². The zero-order chi connectivity index (χ0) is 14.4. The van der Waals surface area contributed by atoms with E-state index in [1.54, 1.807) is 0 Å². The van der Waals surface area contributed by atoms with E-state index in [4.69, 9.17) is 9.90 Å². The Labute approximate surface area is 107 Å². The summed E-state index contributed by atoms with van der Waals surface area (Å²) in [4.78, 5) is 8.78. The Balaban J connectivity index is 0. The Morgan fingerprint density at radius 2 is 1.33 bits per heavy atom. The maximum atomic E-state index is 10.5. The van der Waals surface area contributed by atoms with Gasteiger partial charge in [0.05, 0.1) is 13.1 Å². The van der Waals surface area contributed by atoms with Crippen molar-refractivity contribution in [3.8, 4) is 0 Å². The van der Waals surface area contributed by atoms with Gasteiger partial charge in [0.25, 0.3) is 0 Å². The molecule has 0 aliphatic rings. The Kier molecular flexibility index (Phi) is 13.8. The quantitative estimate of drug-likeness (QED) is 0.675. The fourth-order valence-corrected chi connectivity index (χ4v) is 1.22. The number of alkyl halides is 3. The fourth-order valence-electron chi connectivity index (χ4n) is 1.22. The number of aliphatic carboxylic acids is 1. The molecule has 0 aromatic heterocycles. The third-order valence-electron chi connectivity index (χ3n) is 2.26. The van der Waals surface area contributed by atoms with E-state index in [1.165, 1.54) is 51.6 Å². The van der Waals surface area contributed by atoms with Crippen molar-refractivity contribution in [2.24, 2.45) is 0 Å². The number of halogens is 3. The van der Waals surface area contributed by atoms with Crippen molar-refractivity contribution in [3.63, 3.8) is 0 Å². The van der Waals surface area contributed by atoms with Crippen molar-refractivity contribution >= 4 is 5.97 Å². The lowest BCUT2D eigenvalue weighted by Crippen LogP contribution is -2.84. The van der Waals surface area contributed by atoms with Gasteiger partial charge in [-0.3, -0.25) is 0 Å². The number of carbonyl (C=O) groups is 1. The van der Waals surface area contributed by atoms with Gasteiger partial charge in [-0.2, -0.15) is 13.2 Å². The molecule has 0 saturated heterocycles. The van der Waals surface area contributed by atoms with Crippen LogP contribution in [-0.2, 0) is 4.79 Å². The van der Waals surface area contributed by atoms with Crippen molar-refractivity contribution in [1.82, 2.24) is 0 Å². The number of rotatable bonds is 8. The zero-order valence-electron chi connectivity index (χ0n) is 11.2. The number of carbonyl (C=O) groups excluding carboxylic acids is 1. The maximum Gasteiger partial charge on any atom is 0.430 e. The molecule has 0 bridgehead atoms. The summed E-state index contributed by atoms with van der Waals surface area (Å²) in [6, 6.07) is 0. The van der Waals surface area contributed by atoms with Crippen molar-refractivity contribution in [3.05, 3.63) is 0 Å². The molecule has 3 nitrogen and oxygen atoms in total.